The van der Waals surface area contributed by atoms with Crippen LogP contribution in [0.3, 0.4) is 0 Å². The first-order valence-electron chi connectivity index (χ1n) is 9.86. The van der Waals surface area contributed by atoms with Crippen molar-refractivity contribution in [3.63, 3.8) is 0 Å². The molecule has 8 heteroatoms. The molecule has 2 unspecified atom stereocenters. The Hall–Kier alpha value is -2.90. The second kappa shape index (κ2) is 7.85. The summed E-state index contributed by atoms with van der Waals surface area (Å²) in [6.07, 6.45) is 1.03. The van der Waals surface area contributed by atoms with Gasteiger partial charge in [-0.05, 0) is 45.7 Å². The normalized spacial score (nSPS) is 20.2. The van der Waals surface area contributed by atoms with E-state index in [1.807, 2.05) is 33.8 Å². The molecule has 0 aromatic heterocycles. The van der Waals surface area contributed by atoms with Crippen molar-refractivity contribution in [2.75, 3.05) is 5.32 Å². The van der Waals surface area contributed by atoms with Crippen LogP contribution < -0.4 is 10.6 Å². The smallest absolute Gasteiger partial charge is 0.329 e. The van der Waals surface area contributed by atoms with Crippen LogP contribution in [0.25, 0.3) is 0 Å². The fourth-order valence-corrected chi connectivity index (χ4v) is 3.61. The van der Waals surface area contributed by atoms with Gasteiger partial charge in [0.1, 0.15) is 17.7 Å². The minimum atomic E-state index is -0.673. The number of esters is 1. The standard InChI is InChI=1S/C21H27N3O5/c1-5-14(20(28)29-21(2,3)4)22-15-8-6-7-12-13(15)11-24(19(12)27)16-9-10-17(25)23-18(16)26/h6-8,14,16,22H,5,9-11H2,1-4H3,(H,23,25,26). The van der Waals surface area contributed by atoms with Gasteiger partial charge in [-0.1, -0.05) is 13.0 Å². The number of hydrogen-bond donors (Lipinski definition) is 2. The maximum atomic E-state index is 12.9. The second-order valence-corrected chi connectivity index (χ2v) is 8.37. The third-order valence-corrected chi connectivity index (χ3v) is 5.01. The van der Waals surface area contributed by atoms with Crippen molar-refractivity contribution in [3.8, 4) is 0 Å². The van der Waals surface area contributed by atoms with Crippen LogP contribution in [0.5, 0.6) is 0 Å². The number of hydrogen-bond acceptors (Lipinski definition) is 6. The van der Waals surface area contributed by atoms with E-state index in [1.165, 1.54) is 4.90 Å². The molecule has 3 amide bonds. The molecule has 2 N–H and O–H groups in total. The number of nitrogens with zero attached hydrogens (tertiary/aromatic N) is 1. The highest BCUT2D eigenvalue weighted by Crippen LogP contribution is 2.33. The Morgan fingerprint density at radius 2 is 2.03 bits per heavy atom. The van der Waals surface area contributed by atoms with Gasteiger partial charge in [0.05, 0.1) is 0 Å². The fraction of sp³-hybridized carbons (Fsp3) is 0.524. The number of nitrogens with one attached hydrogen (secondary N) is 2. The van der Waals surface area contributed by atoms with Crippen molar-refractivity contribution < 1.29 is 23.9 Å². The zero-order valence-electron chi connectivity index (χ0n) is 17.2. The van der Waals surface area contributed by atoms with E-state index in [4.69, 9.17) is 4.74 Å². The summed E-state index contributed by atoms with van der Waals surface area (Å²) in [5.41, 5.74) is 1.31. The van der Waals surface area contributed by atoms with E-state index in [0.29, 0.717) is 24.1 Å². The van der Waals surface area contributed by atoms with E-state index in [0.717, 1.165) is 5.56 Å². The molecule has 156 valence electrons. The predicted octanol–water partition coefficient (Wildman–Crippen LogP) is 1.98. The molecule has 3 rings (SSSR count). The third kappa shape index (κ3) is 4.41. The van der Waals surface area contributed by atoms with Crippen LogP contribution in [0.2, 0.25) is 0 Å². The van der Waals surface area contributed by atoms with Crippen molar-refractivity contribution in [1.82, 2.24) is 10.2 Å². The Bertz CT molecular complexity index is 858. The van der Waals surface area contributed by atoms with E-state index in [2.05, 4.69) is 10.6 Å². The number of anilines is 1. The Labute approximate surface area is 170 Å². The number of ether oxygens (including phenoxy) is 1. The number of benzene rings is 1. The van der Waals surface area contributed by atoms with Gasteiger partial charge in [-0.15, -0.1) is 0 Å². The molecule has 8 nitrogen and oxygen atoms in total. The van der Waals surface area contributed by atoms with Gasteiger partial charge in [-0.3, -0.25) is 19.7 Å². The molecular formula is C21H27N3O5. The molecule has 1 saturated heterocycles. The number of carbonyl (C=O) groups excluding carboxylic acids is 4. The highest BCUT2D eigenvalue weighted by Gasteiger charge is 2.40. The second-order valence-electron chi connectivity index (χ2n) is 8.37. The van der Waals surface area contributed by atoms with E-state index >= 15 is 0 Å². The lowest BCUT2D eigenvalue weighted by Crippen LogP contribution is -2.52. The summed E-state index contributed by atoms with van der Waals surface area (Å²) < 4.78 is 5.48. The summed E-state index contributed by atoms with van der Waals surface area (Å²) in [7, 11) is 0. The van der Waals surface area contributed by atoms with Crippen LogP contribution in [0, 0.1) is 0 Å². The van der Waals surface area contributed by atoms with E-state index in [1.54, 1.807) is 12.1 Å². The molecule has 0 spiro atoms. The quantitative estimate of drug-likeness (QED) is 0.577. The molecule has 1 aromatic rings. The number of imide groups is 1. The van der Waals surface area contributed by atoms with Gasteiger partial charge < -0.3 is 15.0 Å². The van der Waals surface area contributed by atoms with Gasteiger partial charge in [0.2, 0.25) is 11.8 Å². The molecular weight excluding hydrogens is 374 g/mol. The first kappa shape index (κ1) is 20.8. The summed E-state index contributed by atoms with van der Waals surface area (Å²) in [5.74, 6) is -1.37. The topological polar surface area (TPSA) is 105 Å². The maximum Gasteiger partial charge on any atom is 0.329 e. The van der Waals surface area contributed by atoms with Crippen molar-refractivity contribution >= 4 is 29.4 Å². The summed E-state index contributed by atoms with van der Waals surface area (Å²) in [6, 6.07) is 4.04. The third-order valence-electron chi connectivity index (χ3n) is 5.01. The van der Waals surface area contributed by atoms with Crippen molar-refractivity contribution in [2.24, 2.45) is 0 Å². The Balaban J connectivity index is 1.81. The first-order chi connectivity index (χ1) is 13.6. The minimum absolute atomic E-state index is 0.207. The van der Waals surface area contributed by atoms with Crippen molar-refractivity contribution in [3.05, 3.63) is 29.3 Å². The lowest BCUT2D eigenvalue weighted by molar-refractivity contribution is -0.155. The van der Waals surface area contributed by atoms with Gasteiger partial charge in [-0.2, -0.15) is 0 Å². The Morgan fingerprint density at radius 3 is 2.66 bits per heavy atom. The number of fused-ring (bicyclic) bond motifs is 1. The average molecular weight is 401 g/mol. The molecule has 1 aromatic carbocycles. The lowest BCUT2D eigenvalue weighted by Gasteiger charge is -2.29. The minimum Gasteiger partial charge on any atom is -0.458 e. The molecule has 0 bridgehead atoms. The number of carbonyl (C=O) groups is 4. The summed E-state index contributed by atoms with van der Waals surface area (Å²) in [4.78, 5) is 50.5. The highest BCUT2D eigenvalue weighted by molar-refractivity contribution is 6.06. The fourth-order valence-electron chi connectivity index (χ4n) is 3.61. The van der Waals surface area contributed by atoms with Gasteiger partial charge >= 0.3 is 5.97 Å². The SMILES string of the molecule is CCC(Nc1cccc2c1CN(C1CCC(=O)NC1=O)C2=O)C(=O)OC(C)(C)C. The molecule has 1 fully saturated rings. The summed E-state index contributed by atoms with van der Waals surface area (Å²) >= 11 is 0. The molecule has 2 aliphatic rings. The van der Waals surface area contributed by atoms with Crippen molar-refractivity contribution in [1.29, 1.82) is 0 Å². The lowest BCUT2D eigenvalue weighted by atomic mass is 10.0. The largest absolute Gasteiger partial charge is 0.458 e. The molecule has 0 aliphatic carbocycles. The Morgan fingerprint density at radius 1 is 1.31 bits per heavy atom. The van der Waals surface area contributed by atoms with Crippen LogP contribution in [0.15, 0.2) is 18.2 Å². The van der Waals surface area contributed by atoms with Crippen LogP contribution in [0.4, 0.5) is 5.69 Å². The Kier molecular flexibility index (Phi) is 5.64. The van der Waals surface area contributed by atoms with Crippen LogP contribution >= 0.6 is 0 Å². The zero-order chi connectivity index (χ0) is 21.3. The summed E-state index contributed by atoms with van der Waals surface area (Å²) in [5, 5.41) is 5.50. The summed E-state index contributed by atoms with van der Waals surface area (Å²) in [6.45, 7) is 7.57. The van der Waals surface area contributed by atoms with Gasteiger partial charge in [-0.25, -0.2) is 4.79 Å². The molecule has 2 atom stereocenters. The number of piperidine rings is 1. The zero-order valence-corrected chi connectivity index (χ0v) is 17.2. The van der Waals surface area contributed by atoms with Gasteiger partial charge in [0, 0.05) is 29.8 Å². The molecule has 0 radical (unpaired) electrons. The van der Waals surface area contributed by atoms with Crippen LogP contribution in [-0.4, -0.2) is 46.3 Å². The van der Waals surface area contributed by atoms with Crippen LogP contribution in [0.1, 0.15) is 62.9 Å². The molecule has 2 heterocycles. The predicted molar refractivity (Wildman–Crippen MR) is 106 cm³/mol. The maximum absolute atomic E-state index is 12.9. The van der Waals surface area contributed by atoms with Crippen molar-refractivity contribution in [2.45, 2.75) is 71.2 Å². The molecule has 29 heavy (non-hydrogen) atoms. The van der Waals surface area contributed by atoms with E-state index in [-0.39, 0.29) is 30.7 Å². The molecule has 0 saturated carbocycles. The van der Waals surface area contributed by atoms with E-state index < -0.39 is 23.6 Å². The van der Waals surface area contributed by atoms with Crippen LogP contribution in [-0.2, 0) is 25.7 Å². The van der Waals surface area contributed by atoms with E-state index in [9.17, 15) is 19.2 Å². The first-order valence-corrected chi connectivity index (χ1v) is 9.86. The average Bonchev–Trinajstić information content (AvgIpc) is 2.95. The number of amides is 3. The highest BCUT2D eigenvalue weighted by atomic mass is 16.6. The molecule has 2 aliphatic heterocycles. The number of rotatable bonds is 5. The van der Waals surface area contributed by atoms with Gasteiger partial charge in [0.25, 0.3) is 5.91 Å². The van der Waals surface area contributed by atoms with Gasteiger partial charge in [0.15, 0.2) is 0 Å². The monoisotopic (exact) mass is 401 g/mol.